The third-order valence-electron chi connectivity index (χ3n) is 1.24. The normalized spacial score (nSPS) is 9.80. The lowest BCUT2D eigenvalue weighted by molar-refractivity contribution is 0.279. The molecule has 0 amide bonds. The van der Waals surface area contributed by atoms with Gasteiger partial charge in [-0.1, -0.05) is 29.0 Å². The number of aliphatic hydroxyl groups excluding tert-OH is 1. The number of rotatable bonds is 2. The number of hydrogen-bond acceptors (Lipinski definition) is 3. The van der Waals surface area contributed by atoms with E-state index in [1.54, 1.807) is 0 Å². The standard InChI is InChI=1S/C7H8OS2/c8-5-6-3-1-2-4-7(6)10-9/h1-4,8-9H,5H2. The SMILES string of the molecule is OCc1ccccc1SS. The van der Waals surface area contributed by atoms with Gasteiger partial charge in [0.05, 0.1) is 6.61 Å². The van der Waals surface area contributed by atoms with Gasteiger partial charge in [-0.25, -0.2) is 0 Å². The molecule has 1 N–H and O–H groups in total. The predicted octanol–water partition coefficient (Wildman–Crippen LogP) is 2.12. The zero-order chi connectivity index (χ0) is 7.40. The van der Waals surface area contributed by atoms with Gasteiger partial charge in [0, 0.05) is 4.90 Å². The molecule has 0 radical (unpaired) electrons. The zero-order valence-corrected chi connectivity index (χ0v) is 7.03. The molecule has 0 atom stereocenters. The van der Waals surface area contributed by atoms with Crippen molar-refractivity contribution in [3.8, 4) is 0 Å². The fraction of sp³-hybridized carbons (Fsp3) is 0.143. The lowest BCUT2D eigenvalue weighted by Crippen LogP contribution is -1.83. The van der Waals surface area contributed by atoms with Gasteiger partial charge in [-0.3, -0.25) is 0 Å². The van der Waals surface area contributed by atoms with Crippen LogP contribution < -0.4 is 0 Å². The summed E-state index contributed by atoms with van der Waals surface area (Å²) in [6.07, 6.45) is 0. The van der Waals surface area contributed by atoms with Crippen LogP contribution in [0.15, 0.2) is 29.2 Å². The van der Waals surface area contributed by atoms with E-state index in [9.17, 15) is 0 Å². The first kappa shape index (κ1) is 7.98. The number of aliphatic hydroxyl groups is 1. The molecule has 10 heavy (non-hydrogen) atoms. The van der Waals surface area contributed by atoms with Crippen LogP contribution in [0.2, 0.25) is 0 Å². The largest absolute Gasteiger partial charge is 0.392 e. The van der Waals surface area contributed by atoms with Crippen LogP contribution in [0.3, 0.4) is 0 Å². The minimum atomic E-state index is 0.0870. The summed E-state index contributed by atoms with van der Waals surface area (Å²) >= 11 is 4.04. The first-order chi connectivity index (χ1) is 4.88. The highest BCUT2D eigenvalue weighted by Gasteiger charge is 1.96. The number of benzene rings is 1. The maximum atomic E-state index is 8.80. The first-order valence-corrected chi connectivity index (χ1v) is 4.75. The molecule has 1 nitrogen and oxygen atoms in total. The smallest absolute Gasteiger partial charge is 0.0693 e. The molecule has 1 aromatic carbocycles. The van der Waals surface area contributed by atoms with Gasteiger partial charge in [-0.05, 0) is 11.6 Å². The summed E-state index contributed by atoms with van der Waals surface area (Å²) in [6, 6.07) is 7.65. The molecule has 0 aromatic heterocycles. The molecule has 0 aliphatic heterocycles. The van der Waals surface area contributed by atoms with E-state index in [4.69, 9.17) is 5.11 Å². The van der Waals surface area contributed by atoms with E-state index >= 15 is 0 Å². The third kappa shape index (κ3) is 1.68. The summed E-state index contributed by atoms with van der Waals surface area (Å²) in [4.78, 5) is 1.02. The Bertz CT molecular complexity index is 190. The molecule has 0 spiro atoms. The molecule has 1 rings (SSSR count). The molecule has 54 valence electrons. The van der Waals surface area contributed by atoms with Crippen LogP contribution in [0.4, 0.5) is 0 Å². The summed E-state index contributed by atoms with van der Waals surface area (Å²) in [5.74, 6) is 0. The Morgan fingerprint density at radius 3 is 2.60 bits per heavy atom. The highest BCUT2D eigenvalue weighted by atomic mass is 33.1. The number of thiol groups is 1. The van der Waals surface area contributed by atoms with Crippen LogP contribution in [-0.4, -0.2) is 5.11 Å². The Balaban J connectivity index is 2.96. The third-order valence-corrected chi connectivity index (χ3v) is 2.43. The quantitative estimate of drug-likeness (QED) is 0.526. The molecule has 0 saturated heterocycles. The van der Waals surface area contributed by atoms with Gasteiger partial charge in [0.15, 0.2) is 0 Å². The Kier molecular flexibility index (Phi) is 3.12. The van der Waals surface area contributed by atoms with Crippen LogP contribution in [0.1, 0.15) is 5.56 Å². The molecule has 0 aliphatic rings. The Labute approximate surface area is 69.3 Å². The van der Waals surface area contributed by atoms with Crippen LogP contribution >= 0.6 is 22.5 Å². The summed E-state index contributed by atoms with van der Waals surface area (Å²) in [5, 5.41) is 8.80. The lowest BCUT2D eigenvalue weighted by atomic mass is 10.2. The van der Waals surface area contributed by atoms with Crippen molar-refractivity contribution >= 4 is 22.5 Å². The topological polar surface area (TPSA) is 20.2 Å². The van der Waals surface area contributed by atoms with Gasteiger partial charge < -0.3 is 5.11 Å². The Hall–Kier alpha value is -0.120. The molecule has 0 fully saturated rings. The van der Waals surface area contributed by atoms with Crippen LogP contribution in [0, 0.1) is 0 Å². The fourth-order valence-electron chi connectivity index (χ4n) is 0.724. The van der Waals surface area contributed by atoms with E-state index in [-0.39, 0.29) is 6.61 Å². The molecular weight excluding hydrogens is 164 g/mol. The van der Waals surface area contributed by atoms with Crippen molar-refractivity contribution in [3.05, 3.63) is 29.8 Å². The fourth-order valence-corrected chi connectivity index (χ4v) is 1.65. The summed E-state index contributed by atoms with van der Waals surface area (Å²) in [6.45, 7) is 0.0870. The van der Waals surface area contributed by atoms with E-state index in [2.05, 4.69) is 11.7 Å². The van der Waals surface area contributed by atoms with Crippen molar-refractivity contribution < 1.29 is 5.11 Å². The average molecular weight is 172 g/mol. The summed E-state index contributed by atoms with van der Waals surface area (Å²) in [7, 11) is 1.35. The second-order valence-corrected chi connectivity index (χ2v) is 3.03. The van der Waals surface area contributed by atoms with Gasteiger partial charge >= 0.3 is 0 Å². The van der Waals surface area contributed by atoms with Crippen LogP contribution in [0.25, 0.3) is 0 Å². The predicted molar refractivity (Wildman–Crippen MR) is 47.2 cm³/mol. The summed E-state index contributed by atoms with van der Waals surface area (Å²) in [5.41, 5.74) is 0.933. The Morgan fingerprint density at radius 2 is 2.10 bits per heavy atom. The molecule has 0 saturated carbocycles. The van der Waals surface area contributed by atoms with E-state index in [0.717, 1.165) is 10.5 Å². The Morgan fingerprint density at radius 1 is 1.40 bits per heavy atom. The molecule has 0 aliphatic carbocycles. The van der Waals surface area contributed by atoms with E-state index in [0.29, 0.717) is 0 Å². The van der Waals surface area contributed by atoms with Gasteiger partial charge in [0.1, 0.15) is 0 Å². The van der Waals surface area contributed by atoms with Crippen molar-refractivity contribution in [2.75, 3.05) is 0 Å². The average Bonchev–Trinajstić information content (AvgIpc) is 2.04. The minimum Gasteiger partial charge on any atom is -0.392 e. The van der Waals surface area contributed by atoms with Crippen LogP contribution in [-0.2, 0) is 6.61 Å². The van der Waals surface area contributed by atoms with Gasteiger partial charge in [-0.2, -0.15) is 0 Å². The van der Waals surface area contributed by atoms with Crippen molar-refractivity contribution in [2.45, 2.75) is 11.5 Å². The zero-order valence-electron chi connectivity index (χ0n) is 5.32. The lowest BCUT2D eigenvalue weighted by Gasteiger charge is -2.00. The van der Waals surface area contributed by atoms with Gasteiger partial charge in [0.25, 0.3) is 0 Å². The molecule has 3 heteroatoms. The second-order valence-electron chi connectivity index (χ2n) is 1.86. The maximum absolute atomic E-state index is 8.80. The molecule has 0 unspecified atom stereocenters. The van der Waals surface area contributed by atoms with Crippen molar-refractivity contribution in [1.29, 1.82) is 0 Å². The maximum Gasteiger partial charge on any atom is 0.0693 e. The minimum absolute atomic E-state index is 0.0870. The van der Waals surface area contributed by atoms with Gasteiger partial charge in [-0.15, -0.1) is 11.7 Å². The summed E-state index contributed by atoms with van der Waals surface area (Å²) < 4.78 is 0. The highest BCUT2D eigenvalue weighted by molar-refractivity contribution is 8.68. The van der Waals surface area contributed by atoms with Crippen molar-refractivity contribution in [3.63, 3.8) is 0 Å². The van der Waals surface area contributed by atoms with Crippen LogP contribution in [0.5, 0.6) is 0 Å². The first-order valence-electron chi connectivity index (χ1n) is 2.88. The monoisotopic (exact) mass is 172 g/mol. The van der Waals surface area contributed by atoms with E-state index < -0.39 is 0 Å². The molecule has 0 bridgehead atoms. The van der Waals surface area contributed by atoms with Crippen molar-refractivity contribution in [1.82, 2.24) is 0 Å². The van der Waals surface area contributed by atoms with E-state index in [1.807, 2.05) is 24.3 Å². The van der Waals surface area contributed by atoms with Crippen molar-refractivity contribution in [2.24, 2.45) is 0 Å². The number of hydrogen-bond donors (Lipinski definition) is 2. The van der Waals surface area contributed by atoms with E-state index in [1.165, 1.54) is 10.8 Å². The molecular formula is C7H8OS2. The second kappa shape index (κ2) is 3.91. The highest BCUT2D eigenvalue weighted by Crippen LogP contribution is 2.24. The molecule has 1 aromatic rings. The molecule has 0 heterocycles. The van der Waals surface area contributed by atoms with Gasteiger partial charge in [0.2, 0.25) is 0 Å².